The Morgan fingerprint density at radius 3 is 3.08 bits per heavy atom. The van der Waals surface area contributed by atoms with E-state index in [4.69, 9.17) is 0 Å². The predicted molar refractivity (Wildman–Crippen MR) is 56.5 cm³/mol. The molecule has 1 aliphatic heterocycles. The van der Waals surface area contributed by atoms with Crippen LogP contribution < -0.4 is 0 Å². The Bertz CT molecular complexity index is 301. The summed E-state index contributed by atoms with van der Waals surface area (Å²) in [6.07, 6.45) is 4.37. The van der Waals surface area contributed by atoms with Gasteiger partial charge < -0.3 is 0 Å². The van der Waals surface area contributed by atoms with E-state index in [1.54, 1.807) is 0 Å². The molecule has 1 aromatic heterocycles. The summed E-state index contributed by atoms with van der Waals surface area (Å²) in [5.41, 5.74) is 1.32. The van der Waals surface area contributed by atoms with E-state index in [0.29, 0.717) is 6.04 Å². The SMILES string of the molecule is CN1CCC[C@H]1c1cccnc1Br. The Labute approximate surface area is 87.1 Å². The minimum atomic E-state index is 0.558. The summed E-state index contributed by atoms with van der Waals surface area (Å²) in [6.45, 7) is 1.20. The van der Waals surface area contributed by atoms with Gasteiger partial charge in [-0.15, -0.1) is 0 Å². The van der Waals surface area contributed by atoms with Crippen LogP contribution in [-0.4, -0.2) is 23.5 Å². The van der Waals surface area contributed by atoms with Crippen LogP contribution in [0.25, 0.3) is 0 Å². The standard InChI is InChI=1S/C10H13BrN2/c1-13-7-3-5-9(13)8-4-2-6-12-10(8)11/h2,4,6,9H,3,5,7H2,1H3/t9-/m0/s1. The lowest BCUT2D eigenvalue weighted by Crippen LogP contribution is -2.17. The van der Waals surface area contributed by atoms with Crippen molar-refractivity contribution in [2.45, 2.75) is 18.9 Å². The lowest BCUT2D eigenvalue weighted by molar-refractivity contribution is 0.316. The Hall–Kier alpha value is -0.410. The Morgan fingerprint density at radius 1 is 1.62 bits per heavy atom. The molecule has 1 aliphatic rings. The molecule has 0 saturated carbocycles. The number of rotatable bonds is 1. The van der Waals surface area contributed by atoms with Crippen molar-refractivity contribution in [3.8, 4) is 0 Å². The normalized spacial score (nSPS) is 23.7. The number of halogens is 1. The molecule has 2 rings (SSSR count). The van der Waals surface area contributed by atoms with Gasteiger partial charge in [-0.05, 0) is 48.4 Å². The molecule has 0 N–H and O–H groups in total. The lowest BCUT2D eigenvalue weighted by Gasteiger charge is -2.20. The first-order valence-corrected chi connectivity index (χ1v) is 5.39. The lowest BCUT2D eigenvalue weighted by atomic mass is 10.1. The summed E-state index contributed by atoms with van der Waals surface area (Å²) in [4.78, 5) is 6.64. The van der Waals surface area contributed by atoms with Gasteiger partial charge in [0, 0.05) is 17.8 Å². The van der Waals surface area contributed by atoms with Gasteiger partial charge in [0.2, 0.25) is 0 Å². The molecule has 70 valence electrons. The largest absolute Gasteiger partial charge is 0.299 e. The van der Waals surface area contributed by atoms with Crippen molar-refractivity contribution in [1.29, 1.82) is 0 Å². The van der Waals surface area contributed by atoms with Crippen molar-refractivity contribution in [1.82, 2.24) is 9.88 Å². The van der Waals surface area contributed by atoms with Crippen LogP contribution in [0.1, 0.15) is 24.4 Å². The summed E-state index contributed by atoms with van der Waals surface area (Å²) in [5.74, 6) is 0. The van der Waals surface area contributed by atoms with Crippen LogP contribution in [0.2, 0.25) is 0 Å². The predicted octanol–water partition coefficient (Wildman–Crippen LogP) is 2.61. The van der Waals surface area contributed by atoms with E-state index in [9.17, 15) is 0 Å². The Balaban J connectivity index is 2.29. The monoisotopic (exact) mass is 240 g/mol. The maximum atomic E-state index is 4.25. The minimum Gasteiger partial charge on any atom is -0.299 e. The number of hydrogen-bond donors (Lipinski definition) is 0. The molecule has 0 aliphatic carbocycles. The van der Waals surface area contributed by atoms with Gasteiger partial charge in [0.05, 0.1) is 0 Å². The summed E-state index contributed by atoms with van der Waals surface area (Å²) >= 11 is 3.50. The number of aromatic nitrogens is 1. The van der Waals surface area contributed by atoms with E-state index in [1.807, 2.05) is 12.3 Å². The molecule has 2 heterocycles. The Morgan fingerprint density at radius 2 is 2.46 bits per heavy atom. The van der Waals surface area contributed by atoms with Crippen LogP contribution in [0.4, 0.5) is 0 Å². The number of hydrogen-bond acceptors (Lipinski definition) is 2. The van der Waals surface area contributed by atoms with Gasteiger partial charge in [0.15, 0.2) is 0 Å². The third-order valence-electron chi connectivity index (χ3n) is 2.67. The molecule has 0 radical (unpaired) electrons. The Kier molecular flexibility index (Phi) is 2.65. The van der Waals surface area contributed by atoms with Crippen LogP contribution in [0, 0.1) is 0 Å². The van der Waals surface area contributed by atoms with Crippen LogP contribution >= 0.6 is 15.9 Å². The second-order valence-electron chi connectivity index (χ2n) is 3.52. The second-order valence-corrected chi connectivity index (χ2v) is 4.27. The maximum Gasteiger partial charge on any atom is 0.110 e. The molecule has 2 nitrogen and oxygen atoms in total. The molecule has 0 bridgehead atoms. The fourth-order valence-corrected chi connectivity index (χ4v) is 2.46. The molecule has 1 saturated heterocycles. The molecule has 1 atom stereocenters. The van der Waals surface area contributed by atoms with Crippen LogP contribution in [0.15, 0.2) is 22.9 Å². The minimum absolute atomic E-state index is 0.558. The fraction of sp³-hybridized carbons (Fsp3) is 0.500. The highest BCUT2D eigenvalue weighted by Crippen LogP contribution is 2.33. The maximum absolute atomic E-state index is 4.25. The molecule has 0 aromatic carbocycles. The number of pyridine rings is 1. The second kappa shape index (κ2) is 3.76. The molecular weight excluding hydrogens is 228 g/mol. The summed E-state index contributed by atoms with van der Waals surface area (Å²) in [7, 11) is 2.18. The van der Waals surface area contributed by atoms with Gasteiger partial charge in [-0.1, -0.05) is 6.07 Å². The first kappa shape index (κ1) is 9.16. The van der Waals surface area contributed by atoms with E-state index in [1.165, 1.54) is 24.9 Å². The third kappa shape index (κ3) is 1.76. The highest BCUT2D eigenvalue weighted by atomic mass is 79.9. The van der Waals surface area contributed by atoms with E-state index in [0.717, 1.165) is 4.60 Å². The number of likely N-dealkylation sites (tertiary alicyclic amines) is 1. The summed E-state index contributed by atoms with van der Waals surface area (Å²) < 4.78 is 0.994. The van der Waals surface area contributed by atoms with Crippen molar-refractivity contribution in [3.63, 3.8) is 0 Å². The van der Waals surface area contributed by atoms with Crippen LogP contribution in [0.5, 0.6) is 0 Å². The molecule has 1 aromatic rings. The van der Waals surface area contributed by atoms with Crippen molar-refractivity contribution in [3.05, 3.63) is 28.5 Å². The van der Waals surface area contributed by atoms with Crippen LogP contribution in [-0.2, 0) is 0 Å². The van der Waals surface area contributed by atoms with Gasteiger partial charge in [-0.2, -0.15) is 0 Å². The van der Waals surface area contributed by atoms with Gasteiger partial charge in [-0.25, -0.2) is 4.98 Å². The van der Waals surface area contributed by atoms with E-state index < -0.39 is 0 Å². The highest BCUT2D eigenvalue weighted by Gasteiger charge is 2.24. The van der Waals surface area contributed by atoms with Gasteiger partial charge in [0.25, 0.3) is 0 Å². The molecule has 1 fully saturated rings. The van der Waals surface area contributed by atoms with Crippen LogP contribution in [0.3, 0.4) is 0 Å². The third-order valence-corrected chi connectivity index (χ3v) is 3.33. The van der Waals surface area contributed by atoms with Crippen molar-refractivity contribution in [2.24, 2.45) is 0 Å². The zero-order chi connectivity index (χ0) is 9.26. The molecule has 13 heavy (non-hydrogen) atoms. The van der Waals surface area contributed by atoms with Crippen molar-refractivity contribution in [2.75, 3.05) is 13.6 Å². The molecule has 3 heteroatoms. The first-order chi connectivity index (χ1) is 6.29. The quantitative estimate of drug-likeness (QED) is 0.702. The molecule has 0 spiro atoms. The summed E-state index contributed by atoms with van der Waals surface area (Å²) in [5, 5.41) is 0. The zero-order valence-corrected chi connectivity index (χ0v) is 9.29. The van der Waals surface area contributed by atoms with E-state index in [-0.39, 0.29) is 0 Å². The van der Waals surface area contributed by atoms with Gasteiger partial charge in [-0.3, -0.25) is 4.90 Å². The van der Waals surface area contributed by atoms with Crippen molar-refractivity contribution >= 4 is 15.9 Å². The van der Waals surface area contributed by atoms with Gasteiger partial charge in [0.1, 0.15) is 4.60 Å². The van der Waals surface area contributed by atoms with E-state index in [2.05, 4.69) is 38.9 Å². The average Bonchev–Trinajstić information content (AvgIpc) is 2.52. The molecule has 0 amide bonds. The smallest absolute Gasteiger partial charge is 0.110 e. The molecular formula is C10H13BrN2. The average molecular weight is 241 g/mol. The topological polar surface area (TPSA) is 16.1 Å². The van der Waals surface area contributed by atoms with Crippen molar-refractivity contribution < 1.29 is 0 Å². The zero-order valence-electron chi connectivity index (χ0n) is 7.70. The highest BCUT2D eigenvalue weighted by molar-refractivity contribution is 9.10. The van der Waals surface area contributed by atoms with E-state index >= 15 is 0 Å². The summed E-state index contributed by atoms with van der Waals surface area (Å²) in [6, 6.07) is 4.72. The first-order valence-electron chi connectivity index (χ1n) is 4.59. The molecule has 0 unspecified atom stereocenters. The van der Waals surface area contributed by atoms with Gasteiger partial charge >= 0.3 is 0 Å². The number of nitrogens with zero attached hydrogens (tertiary/aromatic N) is 2. The fourth-order valence-electron chi connectivity index (χ4n) is 1.95.